The molecule has 0 aliphatic heterocycles. The summed E-state index contributed by atoms with van der Waals surface area (Å²) in [6.45, 7) is 1.99. The number of rotatable bonds is 5. The summed E-state index contributed by atoms with van der Waals surface area (Å²) in [5, 5.41) is 7.42. The van der Waals surface area contributed by atoms with Crippen LogP contribution in [0.4, 0.5) is 0 Å². The maximum Gasteiger partial charge on any atom is 0.250 e. The van der Waals surface area contributed by atoms with E-state index in [4.69, 9.17) is 16.1 Å². The normalized spacial score (nSPS) is 11.1. The number of aromatic nitrogens is 2. The minimum atomic E-state index is -0.0575. The molecule has 5 nitrogen and oxygen atoms in total. The molecule has 0 atom stereocenters. The van der Waals surface area contributed by atoms with Gasteiger partial charge in [0.25, 0.3) is 5.89 Å². The SMILES string of the molecule is CC(=O)NCc1ccc(-c2noc(/C=C/c3cccc(Cl)c3)n2)s1. The lowest BCUT2D eigenvalue weighted by atomic mass is 10.2. The molecule has 2 aromatic heterocycles. The Balaban J connectivity index is 1.70. The molecule has 0 unspecified atom stereocenters. The van der Waals surface area contributed by atoms with Crippen molar-refractivity contribution in [3.05, 3.63) is 57.8 Å². The van der Waals surface area contributed by atoms with E-state index in [0.29, 0.717) is 23.3 Å². The fraction of sp³-hybridized carbons (Fsp3) is 0.118. The van der Waals surface area contributed by atoms with Crippen molar-refractivity contribution >= 4 is 41.0 Å². The van der Waals surface area contributed by atoms with Gasteiger partial charge in [-0.15, -0.1) is 11.3 Å². The summed E-state index contributed by atoms with van der Waals surface area (Å²) in [5.41, 5.74) is 0.955. The highest BCUT2D eigenvalue weighted by molar-refractivity contribution is 7.15. The second kappa shape index (κ2) is 7.42. The predicted molar refractivity (Wildman–Crippen MR) is 95.5 cm³/mol. The third-order valence-electron chi connectivity index (χ3n) is 3.10. The van der Waals surface area contributed by atoms with E-state index < -0.39 is 0 Å². The number of nitrogens with zero attached hydrogens (tertiary/aromatic N) is 2. The summed E-state index contributed by atoms with van der Waals surface area (Å²) >= 11 is 7.46. The zero-order valence-electron chi connectivity index (χ0n) is 12.8. The lowest BCUT2D eigenvalue weighted by Gasteiger charge is -1.96. The Morgan fingerprint density at radius 1 is 1.33 bits per heavy atom. The second-order valence-corrected chi connectivity index (χ2v) is 6.63. The molecule has 122 valence electrons. The number of benzene rings is 1. The first-order valence-corrected chi connectivity index (χ1v) is 8.40. The van der Waals surface area contributed by atoms with Gasteiger partial charge in [0, 0.05) is 22.9 Å². The Morgan fingerprint density at radius 2 is 2.21 bits per heavy atom. The smallest absolute Gasteiger partial charge is 0.250 e. The largest absolute Gasteiger partial charge is 0.351 e. The summed E-state index contributed by atoms with van der Waals surface area (Å²) in [7, 11) is 0. The molecule has 0 saturated carbocycles. The maximum absolute atomic E-state index is 10.9. The fourth-order valence-electron chi connectivity index (χ4n) is 1.99. The van der Waals surface area contributed by atoms with E-state index in [9.17, 15) is 4.79 Å². The number of amides is 1. The molecule has 1 aromatic carbocycles. The molecule has 1 amide bonds. The Morgan fingerprint density at radius 3 is 3.00 bits per heavy atom. The molecule has 0 radical (unpaired) electrons. The van der Waals surface area contributed by atoms with Gasteiger partial charge in [0.2, 0.25) is 11.7 Å². The summed E-state index contributed by atoms with van der Waals surface area (Å²) < 4.78 is 5.23. The lowest BCUT2D eigenvalue weighted by Crippen LogP contribution is -2.17. The molecule has 3 aromatic rings. The minimum Gasteiger partial charge on any atom is -0.351 e. The topological polar surface area (TPSA) is 68.0 Å². The number of carbonyl (C=O) groups is 1. The number of halogens is 1. The minimum absolute atomic E-state index is 0.0575. The molecule has 1 N–H and O–H groups in total. The van der Waals surface area contributed by atoms with Gasteiger partial charge in [0.15, 0.2) is 0 Å². The van der Waals surface area contributed by atoms with E-state index in [1.54, 1.807) is 6.08 Å². The van der Waals surface area contributed by atoms with Crippen LogP contribution in [0.25, 0.3) is 22.9 Å². The molecule has 0 spiro atoms. The summed E-state index contributed by atoms with van der Waals surface area (Å²) in [5.74, 6) is 0.888. The Bertz CT molecular complexity index is 885. The van der Waals surface area contributed by atoms with Gasteiger partial charge in [0.1, 0.15) is 0 Å². The van der Waals surface area contributed by atoms with Crippen molar-refractivity contribution in [1.82, 2.24) is 15.5 Å². The first-order chi connectivity index (χ1) is 11.6. The average molecular weight is 360 g/mol. The maximum atomic E-state index is 10.9. The van der Waals surface area contributed by atoms with Crippen LogP contribution >= 0.6 is 22.9 Å². The van der Waals surface area contributed by atoms with Crippen molar-refractivity contribution in [3.8, 4) is 10.7 Å². The van der Waals surface area contributed by atoms with E-state index in [2.05, 4.69) is 15.5 Å². The molecule has 24 heavy (non-hydrogen) atoms. The first-order valence-electron chi connectivity index (χ1n) is 7.21. The van der Waals surface area contributed by atoms with Gasteiger partial charge in [-0.05, 0) is 35.9 Å². The number of hydrogen-bond acceptors (Lipinski definition) is 5. The van der Waals surface area contributed by atoms with Crippen molar-refractivity contribution in [1.29, 1.82) is 0 Å². The van der Waals surface area contributed by atoms with E-state index in [1.807, 2.05) is 42.5 Å². The number of carbonyl (C=O) groups excluding carboxylic acids is 1. The van der Waals surface area contributed by atoms with Gasteiger partial charge in [0.05, 0.1) is 11.4 Å². The zero-order chi connectivity index (χ0) is 16.9. The van der Waals surface area contributed by atoms with Gasteiger partial charge < -0.3 is 9.84 Å². The molecule has 0 fully saturated rings. The third kappa shape index (κ3) is 4.31. The van der Waals surface area contributed by atoms with Gasteiger partial charge in [-0.3, -0.25) is 4.79 Å². The van der Waals surface area contributed by atoms with Gasteiger partial charge in [-0.25, -0.2) is 0 Å². The van der Waals surface area contributed by atoms with Crippen LogP contribution in [0.3, 0.4) is 0 Å². The number of nitrogens with one attached hydrogen (secondary N) is 1. The monoisotopic (exact) mass is 359 g/mol. The Hall–Kier alpha value is -2.44. The Labute approximate surface area is 148 Å². The van der Waals surface area contributed by atoms with Crippen molar-refractivity contribution < 1.29 is 9.32 Å². The highest BCUT2D eigenvalue weighted by atomic mass is 35.5. The van der Waals surface area contributed by atoms with E-state index in [1.165, 1.54) is 18.3 Å². The fourth-order valence-corrected chi connectivity index (χ4v) is 3.06. The van der Waals surface area contributed by atoms with Gasteiger partial charge in [-0.2, -0.15) is 4.98 Å². The lowest BCUT2D eigenvalue weighted by molar-refractivity contribution is -0.119. The highest BCUT2D eigenvalue weighted by Gasteiger charge is 2.10. The summed E-state index contributed by atoms with van der Waals surface area (Å²) in [6.07, 6.45) is 3.60. The summed E-state index contributed by atoms with van der Waals surface area (Å²) in [6, 6.07) is 11.3. The average Bonchev–Trinajstić information content (AvgIpc) is 3.20. The van der Waals surface area contributed by atoms with Crippen LogP contribution in [0.1, 0.15) is 23.3 Å². The molecule has 3 rings (SSSR count). The van der Waals surface area contributed by atoms with Gasteiger partial charge >= 0.3 is 0 Å². The highest BCUT2D eigenvalue weighted by Crippen LogP contribution is 2.26. The second-order valence-electron chi connectivity index (χ2n) is 5.02. The molecular weight excluding hydrogens is 346 g/mol. The molecule has 7 heteroatoms. The Kier molecular flexibility index (Phi) is 5.08. The van der Waals surface area contributed by atoms with Crippen molar-refractivity contribution in [2.75, 3.05) is 0 Å². The van der Waals surface area contributed by atoms with Gasteiger partial charge in [-0.1, -0.05) is 28.9 Å². The van der Waals surface area contributed by atoms with Crippen LogP contribution in [0, 0.1) is 0 Å². The van der Waals surface area contributed by atoms with Crippen molar-refractivity contribution in [2.45, 2.75) is 13.5 Å². The van der Waals surface area contributed by atoms with Crippen molar-refractivity contribution in [3.63, 3.8) is 0 Å². The van der Waals surface area contributed by atoms with Crippen LogP contribution in [0.2, 0.25) is 5.02 Å². The third-order valence-corrected chi connectivity index (χ3v) is 4.42. The first kappa shape index (κ1) is 16.4. The summed E-state index contributed by atoms with van der Waals surface area (Å²) in [4.78, 5) is 17.2. The predicted octanol–water partition coefficient (Wildman–Crippen LogP) is 4.26. The quantitative estimate of drug-likeness (QED) is 0.739. The van der Waals surface area contributed by atoms with Crippen LogP contribution in [-0.4, -0.2) is 16.0 Å². The molecular formula is C17H14ClN3O2S. The van der Waals surface area contributed by atoms with Crippen molar-refractivity contribution in [2.24, 2.45) is 0 Å². The molecule has 0 bridgehead atoms. The van der Waals surface area contributed by atoms with E-state index in [0.717, 1.165) is 15.3 Å². The molecule has 0 saturated heterocycles. The number of hydrogen-bond donors (Lipinski definition) is 1. The van der Waals surface area contributed by atoms with Crippen LogP contribution in [0.5, 0.6) is 0 Å². The molecule has 2 heterocycles. The van der Waals surface area contributed by atoms with Crippen LogP contribution in [0.15, 0.2) is 40.9 Å². The molecule has 0 aliphatic rings. The van der Waals surface area contributed by atoms with Crippen LogP contribution < -0.4 is 5.32 Å². The van der Waals surface area contributed by atoms with E-state index in [-0.39, 0.29) is 5.91 Å². The number of thiophene rings is 1. The standard InChI is InChI=1S/C17H14ClN3O2S/c1-11(22)19-10-14-6-7-15(24-14)17-20-16(23-21-17)8-5-12-3-2-4-13(18)9-12/h2-9H,10H2,1H3,(H,19,22)/b8-5+. The van der Waals surface area contributed by atoms with Crippen LogP contribution in [-0.2, 0) is 11.3 Å². The van der Waals surface area contributed by atoms with E-state index >= 15 is 0 Å². The zero-order valence-corrected chi connectivity index (χ0v) is 14.4. The molecule has 0 aliphatic carbocycles.